The fourth-order valence-corrected chi connectivity index (χ4v) is 1.74. The first-order valence-corrected chi connectivity index (χ1v) is 5.61. The lowest BCUT2D eigenvalue weighted by atomic mass is 10.2. The molecule has 2 heterocycles. The second-order valence-electron chi connectivity index (χ2n) is 4.12. The van der Waals surface area contributed by atoms with Gasteiger partial charge in [-0.2, -0.15) is 4.57 Å². The molecule has 0 unspecified atom stereocenters. The van der Waals surface area contributed by atoms with Gasteiger partial charge in [0.15, 0.2) is 18.9 Å². The van der Waals surface area contributed by atoms with Crippen molar-refractivity contribution >= 4 is 5.91 Å². The number of rotatable bonds is 4. The van der Waals surface area contributed by atoms with E-state index in [1.807, 2.05) is 46.9 Å². The summed E-state index contributed by atoms with van der Waals surface area (Å²) in [5.41, 5.74) is 4.14. The van der Waals surface area contributed by atoms with Crippen molar-refractivity contribution in [2.75, 3.05) is 0 Å². The summed E-state index contributed by atoms with van der Waals surface area (Å²) in [5, 5.41) is 0. The van der Waals surface area contributed by atoms with E-state index < -0.39 is 0 Å². The van der Waals surface area contributed by atoms with Crippen LogP contribution in [0.25, 0.3) is 0 Å². The van der Waals surface area contributed by atoms with E-state index in [-0.39, 0.29) is 12.3 Å². The molecule has 0 saturated heterocycles. The van der Waals surface area contributed by atoms with E-state index in [0.29, 0.717) is 6.54 Å². The van der Waals surface area contributed by atoms with Gasteiger partial charge in [0.25, 0.3) is 0 Å². The molecule has 0 radical (unpaired) electrons. The molecule has 0 atom stereocenters. The summed E-state index contributed by atoms with van der Waals surface area (Å²) in [4.78, 5) is 15.3. The standard InChI is InChI=1S/C12H15N5O/c1-16-9-14-6-11(16)8-17-4-2-3-10(7-17)5-12(18)15-13/h2-4,6-7,9H,5,8,13H2,1H3/p+1. The van der Waals surface area contributed by atoms with Gasteiger partial charge >= 0.3 is 0 Å². The zero-order valence-corrected chi connectivity index (χ0v) is 10.2. The molecule has 94 valence electrons. The SMILES string of the molecule is Cn1cncc1C[n+]1cccc(CC(=O)NN)c1. The third kappa shape index (κ3) is 2.92. The van der Waals surface area contributed by atoms with Crippen molar-refractivity contribution in [3.05, 3.63) is 48.3 Å². The van der Waals surface area contributed by atoms with E-state index in [4.69, 9.17) is 5.84 Å². The van der Waals surface area contributed by atoms with Crippen molar-refractivity contribution in [1.82, 2.24) is 15.0 Å². The number of hydrogen-bond donors (Lipinski definition) is 2. The molecule has 0 aliphatic carbocycles. The molecular weight excluding hydrogens is 230 g/mol. The molecular formula is C12H16N5O+. The largest absolute Gasteiger partial charge is 0.332 e. The quantitative estimate of drug-likeness (QED) is 0.324. The first-order valence-electron chi connectivity index (χ1n) is 5.61. The van der Waals surface area contributed by atoms with Crippen LogP contribution in [-0.4, -0.2) is 15.5 Å². The van der Waals surface area contributed by atoms with Gasteiger partial charge in [-0.3, -0.25) is 10.2 Å². The Bertz CT molecular complexity index is 549. The van der Waals surface area contributed by atoms with E-state index >= 15 is 0 Å². The zero-order valence-electron chi connectivity index (χ0n) is 10.2. The van der Waals surface area contributed by atoms with Crippen LogP contribution in [0.15, 0.2) is 37.1 Å². The van der Waals surface area contributed by atoms with Gasteiger partial charge in [0.2, 0.25) is 5.91 Å². The van der Waals surface area contributed by atoms with Gasteiger partial charge in [-0.1, -0.05) is 0 Å². The van der Waals surface area contributed by atoms with Gasteiger partial charge in [-0.15, -0.1) is 0 Å². The fraction of sp³-hybridized carbons (Fsp3) is 0.250. The number of pyridine rings is 1. The summed E-state index contributed by atoms with van der Waals surface area (Å²) >= 11 is 0. The van der Waals surface area contributed by atoms with E-state index in [1.165, 1.54) is 0 Å². The molecule has 1 amide bonds. The molecule has 6 nitrogen and oxygen atoms in total. The number of aromatic nitrogens is 3. The Morgan fingerprint density at radius 1 is 1.61 bits per heavy atom. The molecule has 2 aromatic rings. The van der Waals surface area contributed by atoms with Crippen LogP contribution in [0, 0.1) is 0 Å². The highest BCUT2D eigenvalue weighted by Gasteiger charge is 2.09. The van der Waals surface area contributed by atoms with Crippen molar-refractivity contribution < 1.29 is 9.36 Å². The summed E-state index contributed by atoms with van der Waals surface area (Å²) in [7, 11) is 1.95. The minimum atomic E-state index is -0.201. The summed E-state index contributed by atoms with van der Waals surface area (Å²) in [5.74, 6) is 4.87. The lowest BCUT2D eigenvalue weighted by molar-refractivity contribution is -0.689. The number of nitrogens with two attached hydrogens (primary N) is 1. The highest BCUT2D eigenvalue weighted by molar-refractivity contribution is 5.77. The van der Waals surface area contributed by atoms with Crippen molar-refractivity contribution in [1.29, 1.82) is 0 Å². The molecule has 3 N–H and O–H groups in total. The Kier molecular flexibility index (Phi) is 3.69. The molecule has 0 fully saturated rings. The molecule has 0 bridgehead atoms. The van der Waals surface area contributed by atoms with Gasteiger partial charge in [-0.25, -0.2) is 10.8 Å². The molecule has 0 spiro atoms. The van der Waals surface area contributed by atoms with Crippen LogP contribution in [0.1, 0.15) is 11.3 Å². The van der Waals surface area contributed by atoms with Crippen LogP contribution in [0.5, 0.6) is 0 Å². The van der Waals surface area contributed by atoms with Gasteiger partial charge in [-0.05, 0) is 6.07 Å². The van der Waals surface area contributed by atoms with E-state index in [0.717, 1.165) is 11.3 Å². The summed E-state index contributed by atoms with van der Waals surface area (Å²) in [6.45, 7) is 0.717. The van der Waals surface area contributed by atoms with E-state index in [9.17, 15) is 4.79 Å². The minimum absolute atomic E-state index is 0.201. The van der Waals surface area contributed by atoms with Crippen molar-refractivity contribution in [2.24, 2.45) is 12.9 Å². The predicted octanol–water partition coefficient (Wildman–Crippen LogP) is -0.712. The van der Waals surface area contributed by atoms with Gasteiger partial charge in [0.05, 0.1) is 18.9 Å². The van der Waals surface area contributed by atoms with Gasteiger partial charge in [0.1, 0.15) is 5.69 Å². The van der Waals surface area contributed by atoms with Crippen LogP contribution in [0.2, 0.25) is 0 Å². The lowest BCUT2D eigenvalue weighted by Gasteiger charge is -2.01. The molecule has 0 aromatic carbocycles. The fourth-order valence-electron chi connectivity index (χ4n) is 1.74. The number of imidazole rings is 1. The number of carbonyl (C=O) groups is 1. The van der Waals surface area contributed by atoms with Crippen LogP contribution >= 0.6 is 0 Å². The zero-order chi connectivity index (χ0) is 13.0. The molecule has 0 saturated carbocycles. The maximum absolute atomic E-state index is 11.2. The Morgan fingerprint density at radius 3 is 3.11 bits per heavy atom. The second kappa shape index (κ2) is 5.42. The first kappa shape index (κ1) is 12.3. The maximum atomic E-state index is 11.2. The molecule has 2 aromatic heterocycles. The topological polar surface area (TPSA) is 76.8 Å². The molecule has 18 heavy (non-hydrogen) atoms. The second-order valence-corrected chi connectivity index (χ2v) is 4.12. The minimum Gasteiger partial charge on any atom is -0.332 e. The molecule has 2 rings (SSSR count). The number of carbonyl (C=O) groups excluding carboxylic acids is 1. The molecule has 6 heteroatoms. The molecule has 0 aliphatic heterocycles. The van der Waals surface area contributed by atoms with Crippen LogP contribution in [0.4, 0.5) is 0 Å². The average Bonchev–Trinajstić information content (AvgIpc) is 2.75. The highest BCUT2D eigenvalue weighted by atomic mass is 16.2. The number of amides is 1. The number of aryl methyl sites for hydroxylation is 1. The highest BCUT2D eigenvalue weighted by Crippen LogP contribution is 1.99. The number of hydrogen-bond acceptors (Lipinski definition) is 3. The van der Waals surface area contributed by atoms with Crippen LogP contribution in [0.3, 0.4) is 0 Å². The number of nitrogens with zero attached hydrogens (tertiary/aromatic N) is 3. The average molecular weight is 246 g/mol. The normalized spacial score (nSPS) is 10.3. The summed E-state index contributed by atoms with van der Waals surface area (Å²) in [6, 6.07) is 3.81. The number of nitrogens with one attached hydrogen (secondary N) is 1. The van der Waals surface area contributed by atoms with Gasteiger partial charge < -0.3 is 4.57 Å². The Balaban J connectivity index is 2.12. The van der Waals surface area contributed by atoms with Crippen LogP contribution < -0.4 is 15.8 Å². The van der Waals surface area contributed by atoms with E-state index in [1.54, 1.807) is 6.33 Å². The third-order valence-corrected chi connectivity index (χ3v) is 2.71. The Morgan fingerprint density at radius 2 is 2.44 bits per heavy atom. The van der Waals surface area contributed by atoms with Crippen molar-refractivity contribution in [3.8, 4) is 0 Å². The first-order chi connectivity index (χ1) is 8.69. The predicted molar refractivity (Wildman–Crippen MR) is 65.0 cm³/mol. The smallest absolute Gasteiger partial charge is 0.238 e. The van der Waals surface area contributed by atoms with E-state index in [2.05, 4.69) is 10.4 Å². The Labute approximate surface area is 105 Å². The van der Waals surface area contributed by atoms with Crippen LogP contribution in [-0.2, 0) is 24.8 Å². The van der Waals surface area contributed by atoms with Crippen molar-refractivity contribution in [3.63, 3.8) is 0 Å². The monoisotopic (exact) mass is 246 g/mol. The summed E-state index contributed by atoms with van der Waals surface area (Å²) < 4.78 is 3.97. The third-order valence-electron chi connectivity index (χ3n) is 2.71. The number of hydrazine groups is 1. The van der Waals surface area contributed by atoms with Crippen molar-refractivity contribution in [2.45, 2.75) is 13.0 Å². The molecule has 0 aliphatic rings. The Hall–Kier alpha value is -2.21. The maximum Gasteiger partial charge on any atom is 0.238 e. The van der Waals surface area contributed by atoms with Gasteiger partial charge in [0, 0.05) is 18.7 Å². The lowest BCUT2D eigenvalue weighted by Crippen LogP contribution is -2.36. The summed E-state index contributed by atoms with van der Waals surface area (Å²) in [6.07, 6.45) is 7.76.